The first kappa shape index (κ1) is 23.0. The highest BCUT2D eigenvalue weighted by molar-refractivity contribution is 5.89. The Morgan fingerprint density at radius 2 is 1.73 bits per heavy atom. The van der Waals surface area contributed by atoms with E-state index in [1.165, 1.54) is 6.07 Å². The van der Waals surface area contributed by atoms with E-state index in [1.807, 2.05) is 22.2 Å². The Morgan fingerprint density at radius 1 is 0.946 bits per heavy atom. The minimum absolute atomic E-state index is 0.0939. The van der Waals surface area contributed by atoms with Crippen LogP contribution in [0.25, 0.3) is 50.4 Å². The van der Waals surface area contributed by atoms with Crippen LogP contribution in [0.5, 0.6) is 0 Å². The zero-order valence-electron chi connectivity index (χ0n) is 21.6. The van der Waals surface area contributed by atoms with Crippen molar-refractivity contribution in [2.24, 2.45) is 28.2 Å². The zero-order chi connectivity index (χ0) is 26.2. The monoisotopic (exact) mass is 498 g/mol. The number of imidazole rings is 3. The van der Waals surface area contributed by atoms with Crippen LogP contribution in [-0.2, 0) is 28.2 Å². The average molecular weight is 499 g/mol. The molecule has 37 heavy (non-hydrogen) atoms. The lowest BCUT2D eigenvalue weighted by Crippen LogP contribution is -2.19. The van der Waals surface area contributed by atoms with Gasteiger partial charge in [0.2, 0.25) is 0 Å². The standard InChI is InChI=1S/C27H27FN8O/c1-15(2)18-7-17(8-23-25(18)35(6)27(37)34(23)5)36-22-10-20(28)19(16-11-30-33(4)13-16)9-21(22)31-26(36)24-12-29-14-32(24)3/h7-15H,1-6H3. The summed E-state index contributed by atoms with van der Waals surface area (Å²) in [5.74, 6) is 0.419. The fraction of sp³-hybridized carbons (Fsp3) is 0.259. The van der Waals surface area contributed by atoms with Crippen LogP contribution in [0, 0.1) is 5.82 Å². The highest BCUT2D eigenvalue weighted by atomic mass is 19.1. The van der Waals surface area contributed by atoms with E-state index in [4.69, 9.17) is 4.98 Å². The Morgan fingerprint density at radius 3 is 2.38 bits per heavy atom. The van der Waals surface area contributed by atoms with Crippen LogP contribution in [0.4, 0.5) is 4.39 Å². The van der Waals surface area contributed by atoms with Crippen LogP contribution in [0.1, 0.15) is 25.3 Å². The van der Waals surface area contributed by atoms with Gasteiger partial charge in [-0.25, -0.2) is 19.2 Å². The molecule has 0 aliphatic rings. The van der Waals surface area contributed by atoms with Gasteiger partial charge in [0.1, 0.15) is 11.5 Å². The van der Waals surface area contributed by atoms with Crippen molar-refractivity contribution < 1.29 is 4.39 Å². The Hall–Kier alpha value is -4.47. The minimum atomic E-state index is -0.365. The zero-order valence-corrected chi connectivity index (χ0v) is 21.6. The molecule has 2 aromatic carbocycles. The molecule has 0 unspecified atom stereocenters. The maximum atomic E-state index is 15.6. The van der Waals surface area contributed by atoms with E-state index in [2.05, 4.69) is 30.0 Å². The number of halogens is 1. The molecule has 0 saturated carbocycles. The van der Waals surface area contributed by atoms with Gasteiger partial charge in [-0.2, -0.15) is 5.10 Å². The third-order valence-corrected chi connectivity index (χ3v) is 7.06. The average Bonchev–Trinajstić information content (AvgIpc) is 3.62. The molecule has 0 bridgehead atoms. The molecule has 4 aromatic heterocycles. The van der Waals surface area contributed by atoms with Crippen molar-refractivity contribution in [1.29, 1.82) is 0 Å². The van der Waals surface area contributed by atoms with E-state index in [1.54, 1.807) is 65.9 Å². The first-order valence-electron chi connectivity index (χ1n) is 12.0. The predicted molar refractivity (Wildman–Crippen MR) is 141 cm³/mol. The molecular weight excluding hydrogens is 471 g/mol. The highest BCUT2D eigenvalue weighted by Crippen LogP contribution is 2.35. The lowest BCUT2D eigenvalue weighted by Gasteiger charge is -2.15. The fourth-order valence-corrected chi connectivity index (χ4v) is 5.13. The van der Waals surface area contributed by atoms with Crippen molar-refractivity contribution in [3.8, 4) is 28.3 Å². The normalized spacial score (nSPS) is 12.0. The lowest BCUT2D eigenvalue weighted by molar-refractivity contribution is 0.632. The Labute approximate surface area is 212 Å². The van der Waals surface area contributed by atoms with Crippen molar-refractivity contribution >= 4 is 22.1 Å². The summed E-state index contributed by atoms with van der Waals surface area (Å²) >= 11 is 0. The van der Waals surface area contributed by atoms with Crippen molar-refractivity contribution in [2.45, 2.75) is 19.8 Å². The summed E-state index contributed by atoms with van der Waals surface area (Å²) in [5.41, 5.74) is 6.59. The molecule has 0 fully saturated rings. The topological polar surface area (TPSA) is 80.4 Å². The van der Waals surface area contributed by atoms with Gasteiger partial charge in [0.15, 0.2) is 5.82 Å². The molecule has 0 radical (unpaired) electrons. The molecule has 0 spiro atoms. The predicted octanol–water partition coefficient (Wildman–Crippen LogP) is 4.28. The number of benzene rings is 2. The van der Waals surface area contributed by atoms with Crippen molar-refractivity contribution in [3.05, 3.63) is 71.0 Å². The number of aryl methyl sites for hydroxylation is 4. The van der Waals surface area contributed by atoms with Gasteiger partial charge < -0.3 is 4.57 Å². The smallest absolute Gasteiger partial charge is 0.328 e. The second-order valence-electron chi connectivity index (χ2n) is 9.84. The molecule has 0 aliphatic carbocycles. The number of aromatic nitrogens is 8. The van der Waals surface area contributed by atoms with Gasteiger partial charge in [-0.1, -0.05) is 13.8 Å². The van der Waals surface area contributed by atoms with Gasteiger partial charge in [-0.3, -0.25) is 18.4 Å². The fourth-order valence-electron chi connectivity index (χ4n) is 5.13. The Kier molecular flexibility index (Phi) is 4.98. The first-order chi connectivity index (χ1) is 17.7. The summed E-state index contributed by atoms with van der Waals surface area (Å²) in [7, 11) is 7.26. The molecule has 9 nitrogen and oxygen atoms in total. The molecule has 4 heterocycles. The SMILES string of the molecule is CC(C)c1cc(-n2c(-c3cncn3C)nc3cc(-c4cnn(C)c4)c(F)cc32)cc2c1n(C)c(=O)n2C. The van der Waals surface area contributed by atoms with E-state index < -0.39 is 0 Å². The Balaban J connectivity index is 1.72. The molecule has 0 saturated heterocycles. The molecule has 188 valence electrons. The number of rotatable bonds is 4. The minimum Gasteiger partial charge on any atom is -0.331 e. The number of fused-ring (bicyclic) bond motifs is 2. The van der Waals surface area contributed by atoms with Gasteiger partial charge in [0.25, 0.3) is 0 Å². The molecule has 0 amide bonds. The second-order valence-corrected chi connectivity index (χ2v) is 9.84. The maximum Gasteiger partial charge on any atom is 0.328 e. The summed E-state index contributed by atoms with van der Waals surface area (Å²) in [6, 6.07) is 7.32. The summed E-state index contributed by atoms with van der Waals surface area (Å²) in [6.07, 6.45) is 6.88. The highest BCUT2D eigenvalue weighted by Gasteiger charge is 2.23. The van der Waals surface area contributed by atoms with Crippen LogP contribution in [0.15, 0.2) is 54.0 Å². The third kappa shape index (κ3) is 3.35. The lowest BCUT2D eigenvalue weighted by atomic mass is 10.00. The summed E-state index contributed by atoms with van der Waals surface area (Å²) in [4.78, 5) is 22.1. The molecule has 6 rings (SSSR count). The number of hydrogen-bond donors (Lipinski definition) is 0. The van der Waals surface area contributed by atoms with E-state index >= 15 is 4.39 Å². The molecule has 10 heteroatoms. The van der Waals surface area contributed by atoms with Gasteiger partial charge in [0.05, 0.1) is 46.5 Å². The summed E-state index contributed by atoms with van der Waals surface area (Å²) in [5, 5.41) is 4.19. The number of nitrogens with zero attached hydrogens (tertiary/aromatic N) is 8. The van der Waals surface area contributed by atoms with Crippen molar-refractivity contribution in [3.63, 3.8) is 0 Å². The van der Waals surface area contributed by atoms with E-state index in [0.717, 1.165) is 28.0 Å². The molecule has 6 aromatic rings. The van der Waals surface area contributed by atoms with Crippen LogP contribution >= 0.6 is 0 Å². The van der Waals surface area contributed by atoms with E-state index in [0.29, 0.717) is 28.0 Å². The second kappa shape index (κ2) is 8.02. The van der Waals surface area contributed by atoms with E-state index in [-0.39, 0.29) is 17.4 Å². The van der Waals surface area contributed by atoms with Crippen molar-refractivity contribution in [1.82, 2.24) is 38.0 Å². The van der Waals surface area contributed by atoms with Crippen LogP contribution in [-0.4, -0.2) is 38.0 Å². The van der Waals surface area contributed by atoms with Gasteiger partial charge in [-0.05, 0) is 29.7 Å². The van der Waals surface area contributed by atoms with Crippen molar-refractivity contribution in [2.75, 3.05) is 0 Å². The number of hydrogen-bond acceptors (Lipinski definition) is 4. The quantitative estimate of drug-likeness (QED) is 0.363. The molecular formula is C27H27FN8O. The van der Waals surface area contributed by atoms with Gasteiger partial charge in [-0.15, -0.1) is 0 Å². The Bertz CT molecular complexity index is 1900. The summed E-state index contributed by atoms with van der Waals surface area (Å²) in [6.45, 7) is 4.20. The van der Waals surface area contributed by atoms with E-state index in [9.17, 15) is 4.79 Å². The third-order valence-electron chi connectivity index (χ3n) is 7.06. The largest absolute Gasteiger partial charge is 0.331 e. The van der Waals surface area contributed by atoms with Crippen LogP contribution in [0.2, 0.25) is 0 Å². The molecule has 0 atom stereocenters. The molecule has 0 aliphatic heterocycles. The van der Waals surface area contributed by atoms with Gasteiger partial charge in [0, 0.05) is 51.6 Å². The molecule has 0 N–H and O–H groups in total. The first-order valence-corrected chi connectivity index (χ1v) is 12.0. The summed E-state index contributed by atoms with van der Waals surface area (Å²) < 4.78 is 24.4. The van der Waals surface area contributed by atoms with Crippen LogP contribution < -0.4 is 5.69 Å². The maximum absolute atomic E-state index is 15.6. The van der Waals surface area contributed by atoms with Crippen LogP contribution in [0.3, 0.4) is 0 Å². The van der Waals surface area contributed by atoms with Gasteiger partial charge >= 0.3 is 5.69 Å².